The highest BCUT2D eigenvalue weighted by Gasteiger charge is 2.33. The van der Waals surface area contributed by atoms with Gasteiger partial charge in [-0.2, -0.15) is 0 Å². The number of hydrogen-bond acceptors (Lipinski definition) is 5. The molecule has 0 atom stereocenters. The van der Waals surface area contributed by atoms with Crippen LogP contribution in [0, 0.1) is 0 Å². The number of carbonyl (C=O) groups is 3. The van der Waals surface area contributed by atoms with E-state index < -0.39 is 15.9 Å². The Morgan fingerprint density at radius 2 is 1.48 bits per heavy atom. The Kier molecular flexibility index (Phi) is 3.96. The number of nitrogens with one attached hydrogen (secondary N) is 1. The minimum atomic E-state index is -3.99. The fourth-order valence-corrected chi connectivity index (χ4v) is 4.62. The molecule has 2 aromatic rings. The Morgan fingerprint density at radius 3 is 2.15 bits per heavy atom. The molecule has 0 spiro atoms. The Hall–Kier alpha value is -3.20. The summed E-state index contributed by atoms with van der Waals surface area (Å²) in [6.07, 6.45) is 0.303. The topological polar surface area (TPSA) is 104 Å². The molecule has 0 radical (unpaired) electrons. The molecule has 138 valence electrons. The lowest BCUT2D eigenvalue weighted by atomic mass is 10.2. The number of imide groups is 1. The Labute approximate surface area is 155 Å². The summed E-state index contributed by atoms with van der Waals surface area (Å²) in [5.41, 5.74) is 1.13. The summed E-state index contributed by atoms with van der Waals surface area (Å²) in [5, 5.41) is 2.64. The molecule has 1 fully saturated rings. The quantitative estimate of drug-likeness (QED) is 0.806. The number of sulfonamides is 1. The molecular formula is C18H15N3O5S. The van der Waals surface area contributed by atoms with Crippen molar-refractivity contribution in [3.63, 3.8) is 0 Å². The second-order valence-electron chi connectivity index (χ2n) is 6.19. The number of amides is 3. The number of anilines is 3. The van der Waals surface area contributed by atoms with Crippen molar-refractivity contribution in [2.45, 2.75) is 17.7 Å². The molecule has 2 aromatic carbocycles. The van der Waals surface area contributed by atoms with Crippen molar-refractivity contribution in [2.24, 2.45) is 0 Å². The summed E-state index contributed by atoms with van der Waals surface area (Å²) in [6, 6.07) is 12.1. The molecule has 0 bridgehead atoms. The first-order chi connectivity index (χ1) is 12.9. The minimum Gasteiger partial charge on any atom is -0.323 e. The Morgan fingerprint density at radius 1 is 0.852 bits per heavy atom. The van der Waals surface area contributed by atoms with Crippen molar-refractivity contribution in [3.05, 3.63) is 48.5 Å². The number of fused-ring (bicyclic) bond motifs is 1. The van der Waals surface area contributed by atoms with Gasteiger partial charge in [0.05, 0.1) is 22.0 Å². The highest BCUT2D eigenvalue weighted by Crippen LogP contribution is 2.34. The highest BCUT2D eigenvalue weighted by molar-refractivity contribution is 7.92. The lowest BCUT2D eigenvalue weighted by molar-refractivity contribution is -0.121. The molecule has 4 rings (SSSR count). The van der Waals surface area contributed by atoms with Crippen LogP contribution in [-0.4, -0.2) is 32.7 Å². The van der Waals surface area contributed by atoms with Gasteiger partial charge in [0.2, 0.25) is 17.7 Å². The molecule has 8 nitrogen and oxygen atoms in total. The molecule has 1 N–H and O–H groups in total. The summed E-state index contributed by atoms with van der Waals surface area (Å²) in [7, 11) is -3.99. The number of para-hydroxylation sites is 2. The molecule has 9 heteroatoms. The summed E-state index contributed by atoms with van der Waals surface area (Å²) in [5.74, 6) is -1.04. The van der Waals surface area contributed by atoms with Gasteiger partial charge in [-0.05, 0) is 36.4 Å². The molecule has 0 unspecified atom stereocenters. The first kappa shape index (κ1) is 17.2. The molecule has 1 saturated heterocycles. The lowest BCUT2D eigenvalue weighted by Crippen LogP contribution is -2.42. The molecule has 0 aromatic heterocycles. The van der Waals surface area contributed by atoms with Gasteiger partial charge >= 0.3 is 0 Å². The van der Waals surface area contributed by atoms with Crippen LogP contribution in [0.3, 0.4) is 0 Å². The zero-order chi connectivity index (χ0) is 19.2. The number of hydrogen-bond donors (Lipinski definition) is 1. The summed E-state index contributed by atoms with van der Waals surface area (Å²) >= 11 is 0. The monoisotopic (exact) mass is 385 g/mol. The van der Waals surface area contributed by atoms with E-state index in [-0.39, 0.29) is 36.1 Å². The van der Waals surface area contributed by atoms with E-state index in [0.29, 0.717) is 17.1 Å². The van der Waals surface area contributed by atoms with Gasteiger partial charge in [-0.1, -0.05) is 12.1 Å². The second-order valence-corrected chi connectivity index (χ2v) is 8.06. The summed E-state index contributed by atoms with van der Waals surface area (Å²) in [4.78, 5) is 36.6. The van der Waals surface area contributed by atoms with Crippen LogP contribution in [0.25, 0.3) is 0 Å². The third-order valence-electron chi connectivity index (χ3n) is 4.47. The number of carbonyl (C=O) groups excluding carboxylic acids is 3. The standard InChI is InChI=1S/C18H15N3O5S/c22-16-11-20(15-4-2-1-3-14(15)19-16)27(25,26)13-7-5-12(6-8-13)21-17(23)9-10-18(21)24/h1-8H,9-11H2,(H,19,22). The number of rotatable bonds is 3. The van der Waals surface area contributed by atoms with Crippen LogP contribution in [0.5, 0.6) is 0 Å². The molecule has 0 saturated carbocycles. The summed E-state index contributed by atoms with van der Waals surface area (Å²) < 4.78 is 27.2. The average Bonchev–Trinajstić information content (AvgIpc) is 2.99. The van der Waals surface area contributed by atoms with Crippen molar-refractivity contribution >= 4 is 44.8 Å². The van der Waals surface area contributed by atoms with Crippen LogP contribution in [-0.2, 0) is 24.4 Å². The molecule has 27 heavy (non-hydrogen) atoms. The zero-order valence-corrected chi connectivity index (χ0v) is 14.9. The fourth-order valence-electron chi connectivity index (χ4n) is 3.18. The van der Waals surface area contributed by atoms with Gasteiger partial charge in [-0.25, -0.2) is 8.42 Å². The summed E-state index contributed by atoms with van der Waals surface area (Å²) in [6.45, 7) is -0.329. The van der Waals surface area contributed by atoms with Crippen LogP contribution in [0.2, 0.25) is 0 Å². The van der Waals surface area contributed by atoms with Gasteiger partial charge in [0.25, 0.3) is 10.0 Å². The van der Waals surface area contributed by atoms with Crippen molar-refractivity contribution < 1.29 is 22.8 Å². The van der Waals surface area contributed by atoms with Crippen LogP contribution in [0.4, 0.5) is 17.1 Å². The maximum absolute atomic E-state index is 13.1. The molecule has 2 aliphatic rings. The van der Waals surface area contributed by atoms with E-state index in [1.54, 1.807) is 24.3 Å². The van der Waals surface area contributed by atoms with Crippen LogP contribution >= 0.6 is 0 Å². The first-order valence-electron chi connectivity index (χ1n) is 8.25. The fraction of sp³-hybridized carbons (Fsp3) is 0.167. The zero-order valence-electron chi connectivity index (χ0n) is 14.1. The predicted molar refractivity (Wildman–Crippen MR) is 97.8 cm³/mol. The van der Waals surface area contributed by atoms with Gasteiger partial charge in [-0.3, -0.25) is 23.6 Å². The first-order valence-corrected chi connectivity index (χ1v) is 9.69. The molecular weight excluding hydrogens is 370 g/mol. The van der Waals surface area contributed by atoms with E-state index in [1.807, 2.05) is 0 Å². The minimum absolute atomic E-state index is 0.0325. The maximum Gasteiger partial charge on any atom is 0.264 e. The molecule has 3 amide bonds. The van der Waals surface area contributed by atoms with E-state index in [1.165, 1.54) is 24.3 Å². The largest absolute Gasteiger partial charge is 0.323 e. The van der Waals surface area contributed by atoms with Gasteiger partial charge in [0.15, 0.2) is 0 Å². The van der Waals surface area contributed by atoms with Gasteiger partial charge in [-0.15, -0.1) is 0 Å². The SMILES string of the molecule is O=C1CN(S(=O)(=O)c2ccc(N3C(=O)CCC3=O)cc2)c2ccccc2N1. The molecule has 0 aliphatic carbocycles. The predicted octanol–water partition coefficient (Wildman–Crippen LogP) is 1.49. The van der Waals surface area contributed by atoms with Crippen molar-refractivity contribution in [1.29, 1.82) is 0 Å². The van der Waals surface area contributed by atoms with Gasteiger partial charge < -0.3 is 5.32 Å². The van der Waals surface area contributed by atoms with Crippen molar-refractivity contribution in [3.8, 4) is 0 Å². The Bertz CT molecular complexity index is 1050. The average molecular weight is 385 g/mol. The van der Waals surface area contributed by atoms with Gasteiger partial charge in [0, 0.05) is 12.8 Å². The number of benzene rings is 2. The van der Waals surface area contributed by atoms with Crippen molar-refractivity contribution in [1.82, 2.24) is 0 Å². The number of nitrogens with zero attached hydrogens (tertiary/aromatic N) is 2. The Balaban J connectivity index is 1.70. The molecule has 2 heterocycles. The van der Waals surface area contributed by atoms with Crippen molar-refractivity contribution in [2.75, 3.05) is 21.1 Å². The lowest BCUT2D eigenvalue weighted by Gasteiger charge is -2.30. The van der Waals surface area contributed by atoms with Crippen LogP contribution in [0.1, 0.15) is 12.8 Å². The highest BCUT2D eigenvalue weighted by atomic mass is 32.2. The molecule has 2 aliphatic heterocycles. The van der Waals surface area contributed by atoms with E-state index >= 15 is 0 Å². The van der Waals surface area contributed by atoms with E-state index in [4.69, 9.17) is 0 Å². The van der Waals surface area contributed by atoms with E-state index in [2.05, 4.69) is 5.32 Å². The third kappa shape index (κ3) is 2.85. The normalized spacial score (nSPS) is 17.1. The van der Waals surface area contributed by atoms with Crippen LogP contribution < -0.4 is 14.5 Å². The van der Waals surface area contributed by atoms with E-state index in [0.717, 1.165) is 9.21 Å². The maximum atomic E-state index is 13.1. The smallest absolute Gasteiger partial charge is 0.264 e. The van der Waals surface area contributed by atoms with E-state index in [9.17, 15) is 22.8 Å². The van der Waals surface area contributed by atoms with Gasteiger partial charge in [0.1, 0.15) is 6.54 Å². The second kappa shape index (κ2) is 6.20. The van der Waals surface area contributed by atoms with Crippen LogP contribution in [0.15, 0.2) is 53.4 Å². The third-order valence-corrected chi connectivity index (χ3v) is 6.24.